The zero-order chi connectivity index (χ0) is 22.2. The fourth-order valence-electron chi connectivity index (χ4n) is 2.98. The molecule has 0 aliphatic rings. The fraction of sp³-hybridized carbons (Fsp3) is 0.0909. The fourth-order valence-corrected chi connectivity index (χ4v) is 4.47. The predicted octanol–water partition coefficient (Wildman–Crippen LogP) is 6.10. The number of sulfonamides is 1. The van der Waals surface area contributed by atoms with Crippen LogP contribution in [0.5, 0.6) is 0 Å². The summed E-state index contributed by atoms with van der Waals surface area (Å²) in [6, 6.07) is 16.9. The first-order valence-electron chi connectivity index (χ1n) is 9.32. The summed E-state index contributed by atoms with van der Waals surface area (Å²) in [5.74, 6) is 0.283. The van der Waals surface area contributed by atoms with Gasteiger partial charge in [-0.2, -0.15) is 0 Å². The molecule has 1 heterocycles. The molecule has 0 aliphatic heterocycles. The van der Waals surface area contributed by atoms with Crippen LogP contribution in [-0.2, 0) is 10.0 Å². The topological polar surface area (TPSA) is 84.0 Å². The summed E-state index contributed by atoms with van der Waals surface area (Å²) in [6.45, 7) is 3.94. The van der Waals surface area contributed by atoms with E-state index in [1.807, 2.05) is 32.0 Å². The highest BCUT2D eigenvalue weighted by molar-refractivity contribution is 7.92. The van der Waals surface area contributed by atoms with Crippen molar-refractivity contribution in [3.63, 3.8) is 0 Å². The van der Waals surface area contributed by atoms with Crippen molar-refractivity contribution in [1.82, 2.24) is 9.97 Å². The maximum Gasteiger partial charge on any atom is 0.263 e. The van der Waals surface area contributed by atoms with Gasteiger partial charge in [-0.3, -0.25) is 4.72 Å². The Bertz CT molecular complexity index is 1410. The number of benzene rings is 3. The van der Waals surface area contributed by atoms with Gasteiger partial charge in [-0.1, -0.05) is 41.4 Å². The molecule has 4 rings (SSSR count). The summed E-state index contributed by atoms with van der Waals surface area (Å²) in [5, 5.41) is 3.87. The van der Waals surface area contributed by atoms with Crippen molar-refractivity contribution in [3.8, 4) is 0 Å². The third kappa shape index (κ3) is 4.58. The van der Waals surface area contributed by atoms with Crippen LogP contribution in [0.25, 0.3) is 11.0 Å². The average Bonchev–Trinajstić information content (AvgIpc) is 2.71. The molecule has 0 spiro atoms. The van der Waals surface area contributed by atoms with E-state index < -0.39 is 10.0 Å². The number of hydrogen-bond acceptors (Lipinski definition) is 5. The lowest BCUT2D eigenvalue weighted by Gasteiger charge is -2.15. The third-order valence-corrected chi connectivity index (χ3v) is 6.65. The van der Waals surface area contributed by atoms with Gasteiger partial charge in [0.25, 0.3) is 10.0 Å². The summed E-state index contributed by atoms with van der Waals surface area (Å²) in [7, 11) is -3.96. The number of para-hydroxylation sites is 1. The van der Waals surface area contributed by atoms with Crippen LogP contribution in [0.3, 0.4) is 0 Å². The monoisotopic (exact) mass is 472 g/mol. The number of nitrogens with one attached hydrogen (secondary N) is 2. The molecule has 9 heteroatoms. The molecular formula is C22H18Cl2N4O2S. The molecule has 4 aromatic rings. The van der Waals surface area contributed by atoms with Crippen LogP contribution in [0.15, 0.2) is 65.6 Å². The summed E-state index contributed by atoms with van der Waals surface area (Å²) in [6.07, 6.45) is 0. The molecule has 0 bridgehead atoms. The number of hydrogen-bond donors (Lipinski definition) is 2. The molecular weight excluding hydrogens is 455 g/mol. The van der Waals surface area contributed by atoms with Crippen LogP contribution in [0.2, 0.25) is 10.0 Å². The zero-order valence-corrected chi connectivity index (χ0v) is 19.0. The maximum absolute atomic E-state index is 13.0. The summed E-state index contributed by atoms with van der Waals surface area (Å²) >= 11 is 12.2. The predicted molar refractivity (Wildman–Crippen MR) is 126 cm³/mol. The summed E-state index contributed by atoms with van der Waals surface area (Å²) in [4.78, 5) is 9.19. The van der Waals surface area contributed by atoms with Crippen molar-refractivity contribution in [3.05, 3.63) is 81.8 Å². The Hall–Kier alpha value is -2.87. The van der Waals surface area contributed by atoms with Crippen LogP contribution in [-0.4, -0.2) is 18.4 Å². The van der Waals surface area contributed by atoms with Crippen molar-refractivity contribution in [1.29, 1.82) is 0 Å². The minimum atomic E-state index is -3.96. The first-order valence-corrected chi connectivity index (χ1v) is 11.6. The second-order valence-electron chi connectivity index (χ2n) is 7.01. The molecule has 0 saturated heterocycles. The van der Waals surface area contributed by atoms with Gasteiger partial charge in [-0.25, -0.2) is 18.4 Å². The van der Waals surface area contributed by atoms with Gasteiger partial charge in [-0.05, 0) is 67.4 Å². The van der Waals surface area contributed by atoms with E-state index in [1.54, 1.807) is 30.3 Å². The molecule has 1 aromatic heterocycles. The van der Waals surface area contributed by atoms with Gasteiger partial charge < -0.3 is 5.32 Å². The normalized spacial score (nSPS) is 11.5. The van der Waals surface area contributed by atoms with E-state index in [0.29, 0.717) is 26.8 Å². The van der Waals surface area contributed by atoms with Gasteiger partial charge in [-0.15, -0.1) is 0 Å². The van der Waals surface area contributed by atoms with Gasteiger partial charge in [0.2, 0.25) is 0 Å². The van der Waals surface area contributed by atoms with Gasteiger partial charge in [0.05, 0.1) is 26.6 Å². The third-order valence-electron chi connectivity index (χ3n) is 4.74. The highest BCUT2D eigenvalue weighted by Gasteiger charge is 2.20. The largest absolute Gasteiger partial charge is 0.336 e. The van der Waals surface area contributed by atoms with Crippen molar-refractivity contribution < 1.29 is 8.42 Å². The van der Waals surface area contributed by atoms with E-state index in [4.69, 9.17) is 23.2 Å². The van der Waals surface area contributed by atoms with E-state index in [1.165, 1.54) is 12.1 Å². The maximum atomic E-state index is 13.0. The SMILES string of the molecule is Cc1cc2nc(Nc3ccccc3Cl)c(NS(=O)(=O)c3cccc(Cl)c3)nc2cc1C. The first-order chi connectivity index (χ1) is 14.7. The van der Waals surface area contributed by atoms with E-state index in [9.17, 15) is 8.42 Å². The second-order valence-corrected chi connectivity index (χ2v) is 9.54. The van der Waals surface area contributed by atoms with E-state index >= 15 is 0 Å². The Morgan fingerprint density at radius 1 is 0.806 bits per heavy atom. The number of rotatable bonds is 5. The van der Waals surface area contributed by atoms with Gasteiger partial charge in [0.1, 0.15) is 0 Å². The smallest absolute Gasteiger partial charge is 0.263 e. The second kappa shape index (κ2) is 8.34. The molecule has 0 amide bonds. The lowest BCUT2D eigenvalue weighted by Crippen LogP contribution is -2.16. The Morgan fingerprint density at radius 2 is 1.45 bits per heavy atom. The molecule has 3 aromatic carbocycles. The Balaban J connectivity index is 1.85. The van der Waals surface area contributed by atoms with Gasteiger partial charge >= 0.3 is 0 Å². The van der Waals surface area contributed by atoms with Crippen LogP contribution in [0, 0.1) is 13.8 Å². The van der Waals surface area contributed by atoms with Crippen molar-refractivity contribution in [2.75, 3.05) is 10.0 Å². The van der Waals surface area contributed by atoms with E-state index in [-0.39, 0.29) is 16.5 Å². The standard InChI is InChI=1S/C22H18Cl2N4O2S/c1-13-10-19-20(11-14(13)2)27-22(21(26-19)25-18-9-4-3-8-17(18)24)28-31(29,30)16-7-5-6-15(23)12-16/h3-12H,1-2H3,(H,25,26)(H,27,28). The molecule has 0 radical (unpaired) electrons. The number of halogens is 2. The van der Waals surface area contributed by atoms with E-state index in [0.717, 1.165) is 11.1 Å². The molecule has 0 unspecified atom stereocenters. The molecule has 0 atom stereocenters. The number of aryl methyl sites for hydroxylation is 2. The lowest BCUT2D eigenvalue weighted by molar-refractivity contribution is 0.601. The highest BCUT2D eigenvalue weighted by Crippen LogP contribution is 2.31. The molecule has 0 fully saturated rings. The van der Waals surface area contributed by atoms with Crippen molar-refractivity contribution in [2.24, 2.45) is 0 Å². The number of nitrogens with zero attached hydrogens (tertiary/aromatic N) is 2. The van der Waals surface area contributed by atoms with Crippen molar-refractivity contribution >= 4 is 61.6 Å². The zero-order valence-electron chi connectivity index (χ0n) is 16.6. The summed E-state index contributed by atoms with van der Waals surface area (Å²) in [5.41, 5.74) is 3.85. The molecule has 0 aliphatic carbocycles. The number of anilines is 3. The van der Waals surface area contributed by atoms with Crippen LogP contribution < -0.4 is 10.0 Å². The van der Waals surface area contributed by atoms with E-state index in [2.05, 4.69) is 20.0 Å². The lowest BCUT2D eigenvalue weighted by atomic mass is 10.1. The Labute approximate surface area is 190 Å². The van der Waals surface area contributed by atoms with Crippen LogP contribution in [0.1, 0.15) is 11.1 Å². The molecule has 6 nitrogen and oxygen atoms in total. The quantitative estimate of drug-likeness (QED) is 0.366. The minimum absolute atomic E-state index is 0.0191. The summed E-state index contributed by atoms with van der Waals surface area (Å²) < 4.78 is 28.5. The Morgan fingerprint density at radius 3 is 2.10 bits per heavy atom. The average molecular weight is 473 g/mol. The van der Waals surface area contributed by atoms with Gasteiger partial charge in [0.15, 0.2) is 11.6 Å². The van der Waals surface area contributed by atoms with Crippen LogP contribution >= 0.6 is 23.2 Å². The highest BCUT2D eigenvalue weighted by atomic mass is 35.5. The first kappa shape index (κ1) is 21.4. The molecule has 31 heavy (non-hydrogen) atoms. The molecule has 0 saturated carbocycles. The van der Waals surface area contributed by atoms with Crippen molar-refractivity contribution in [2.45, 2.75) is 18.7 Å². The minimum Gasteiger partial charge on any atom is -0.336 e. The Kier molecular flexibility index (Phi) is 5.75. The van der Waals surface area contributed by atoms with Gasteiger partial charge in [0, 0.05) is 5.02 Å². The molecule has 2 N–H and O–H groups in total. The molecule has 158 valence electrons. The van der Waals surface area contributed by atoms with Crippen LogP contribution in [0.4, 0.5) is 17.3 Å². The number of aromatic nitrogens is 2. The number of fused-ring (bicyclic) bond motifs is 1.